The molecule has 3 aliphatic heterocycles. The van der Waals surface area contributed by atoms with Crippen LogP contribution in [0, 0.1) is 0 Å². The molecule has 0 bridgehead atoms. The van der Waals surface area contributed by atoms with Gasteiger partial charge >= 0.3 is 0 Å². The molecule has 0 aromatic heterocycles. The van der Waals surface area contributed by atoms with Crippen molar-refractivity contribution in [3.63, 3.8) is 0 Å². The lowest BCUT2D eigenvalue weighted by molar-refractivity contribution is -0.223. The van der Waals surface area contributed by atoms with Crippen molar-refractivity contribution in [1.82, 2.24) is 5.43 Å². The van der Waals surface area contributed by atoms with Crippen molar-refractivity contribution in [3.8, 4) is 0 Å². The Balaban J connectivity index is 1.72. The molecular formula is C12H22N2O5. The number of fused-ring (bicyclic) bond motifs is 1. The highest BCUT2D eigenvalue weighted by molar-refractivity contribution is 5.00. The second-order valence-corrected chi connectivity index (χ2v) is 6.13. The van der Waals surface area contributed by atoms with E-state index in [2.05, 4.69) is 5.43 Å². The fourth-order valence-corrected chi connectivity index (χ4v) is 2.92. The molecule has 3 aliphatic rings. The quantitative estimate of drug-likeness (QED) is 0.535. The molecule has 7 heteroatoms. The largest absolute Gasteiger partial charge is 0.348 e. The van der Waals surface area contributed by atoms with E-state index in [0.29, 0.717) is 6.61 Å². The van der Waals surface area contributed by atoms with E-state index in [9.17, 15) is 0 Å². The maximum absolute atomic E-state index is 5.91. The third kappa shape index (κ3) is 2.40. The zero-order valence-corrected chi connectivity index (χ0v) is 11.7. The first-order valence-electron chi connectivity index (χ1n) is 6.60. The van der Waals surface area contributed by atoms with E-state index in [1.165, 1.54) is 0 Å². The van der Waals surface area contributed by atoms with Crippen LogP contribution in [0.15, 0.2) is 0 Å². The van der Waals surface area contributed by atoms with Crippen LogP contribution in [0.25, 0.3) is 0 Å². The molecule has 3 fully saturated rings. The molecule has 0 spiro atoms. The SMILES string of the molecule is CC1(C)O[C@@H]2O[C@H]([C@H]3COC(C)(C)O3)[C@H](NN)[C@H]2O1. The zero-order valence-electron chi connectivity index (χ0n) is 11.7. The van der Waals surface area contributed by atoms with Gasteiger partial charge in [-0.05, 0) is 27.7 Å². The lowest BCUT2D eigenvalue weighted by atomic mass is 10.0. The monoisotopic (exact) mass is 274 g/mol. The molecule has 0 saturated carbocycles. The summed E-state index contributed by atoms with van der Waals surface area (Å²) in [7, 11) is 0. The summed E-state index contributed by atoms with van der Waals surface area (Å²) in [4.78, 5) is 0. The summed E-state index contributed by atoms with van der Waals surface area (Å²) in [6.45, 7) is 7.94. The zero-order chi connectivity index (χ0) is 13.8. The first kappa shape index (κ1) is 13.7. The number of ether oxygens (including phenoxy) is 5. The Morgan fingerprint density at radius 2 is 1.74 bits per heavy atom. The maximum atomic E-state index is 5.91. The summed E-state index contributed by atoms with van der Waals surface area (Å²) in [5.74, 6) is 4.40. The molecular weight excluding hydrogens is 252 g/mol. The van der Waals surface area contributed by atoms with Crippen LogP contribution in [0.4, 0.5) is 0 Å². The normalized spacial score (nSPS) is 47.5. The third-order valence-electron chi connectivity index (χ3n) is 3.68. The lowest BCUT2D eigenvalue weighted by Crippen LogP contribution is -2.53. The highest BCUT2D eigenvalue weighted by Gasteiger charge is 2.57. The molecule has 3 rings (SSSR count). The second kappa shape index (κ2) is 4.36. The van der Waals surface area contributed by atoms with Gasteiger partial charge in [-0.2, -0.15) is 0 Å². The van der Waals surface area contributed by atoms with Gasteiger partial charge in [-0.1, -0.05) is 0 Å². The van der Waals surface area contributed by atoms with Crippen LogP contribution in [0.1, 0.15) is 27.7 Å². The number of hydrogen-bond acceptors (Lipinski definition) is 7. The van der Waals surface area contributed by atoms with E-state index in [1.807, 2.05) is 27.7 Å². The van der Waals surface area contributed by atoms with Crippen molar-refractivity contribution in [3.05, 3.63) is 0 Å². The van der Waals surface area contributed by atoms with Crippen molar-refractivity contribution in [2.45, 2.75) is 69.9 Å². The summed E-state index contributed by atoms with van der Waals surface area (Å²) < 4.78 is 28.8. The highest BCUT2D eigenvalue weighted by Crippen LogP contribution is 2.40. The molecule has 3 heterocycles. The molecule has 0 unspecified atom stereocenters. The Bertz CT molecular complexity index is 362. The van der Waals surface area contributed by atoms with Gasteiger partial charge in [-0.3, -0.25) is 11.3 Å². The van der Waals surface area contributed by atoms with Crippen LogP contribution < -0.4 is 11.3 Å². The molecule has 7 nitrogen and oxygen atoms in total. The summed E-state index contributed by atoms with van der Waals surface area (Å²) in [6, 6.07) is -0.186. The van der Waals surface area contributed by atoms with Crippen LogP contribution in [0.3, 0.4) is 0 Å². The molecule has 3 N–H and O–H groups in total. The van der Waals surface area contributed by atoms with Crippen LogP contribution in [-0.2, 0) is 23.7 Å². The van der Waals surface area contributed by atoms with E-state index >= 15 is 0 Å². The number of rotatable bonds is 2. The average Bonchev–Trinajstić information content (AvgIpc) is 2.87. The molecule has 0 aromatic carbocycles. The van der Waals surface area contributed by atoms with Gasteiger partial charge in [0.2, 0.25) is 0 Å². The fourth-order valence-electron chi connectivity index (χ4n) is 2.92. The van der Waals surface area contributed by atoms with Crippen molar-refractivity contribution >= 4 is 0 Å². The predicted molar refractivity (Wildman–Crippen MR) is 64.7 cm³/mol. The fraction of sp³-hybridized carbons (Fsp3) is 1.00. The highest BCUT2D eigenvalue weighted by atomic mass is 16.8. The lowest BCUT2D eigenvalue weighted by Gasteiger charge is -2.28. The number of nitrogens with two attached hydrogens (primary N) is 1. The predicted octanol–water partition coefficient (Wildman–Crippen LogP) is -0.154. The second-order valence-electron chi connectivity index (χ2n) is 6.13. The Morgan fingerprint density at radius 1 is 1.00 bits per heavy atom. The molecule has 110 valence electrons. The van der Waals surface area contributed by atoms with Gasteiger partial charge in [0.25, 0.3) is 0 Å². The molecule has 19 heavy (non-hydrogen) atoms. The van der Waals surface area contributed by atoms with Gasteiger partial charge in [0.05, 0.1) is 12.6 Å². The minimum Gasteiger partial charge on any atom is -0.348 e. The minimum atomic E-state index is -0.651. The summed E-state index contributed by atoms with van der Waals surface area (Å²) >= 11 is 0. The first-order chi connectivity index (χ1) is 8.81. The molecule has 5 atom stereocenters. The van der Waals surface area contributed by atoms with Gasteiger partial charge < -0.3 is 23.7 Å². The smallest absolute Gasteiger partial charge is 0.189 e. The Labute approximate surface area is 112 Å². The van der Waals surface area contributed by atoms with E-state index < -0.39 is 17.9 Å². The molecule has 0 aliphatic carbocycles. The van der Waals surface area contributed by atoms with E-state index in [1.54, 1.807) is 0 Å². The Hall–Kier alpha value is -0.280. The number of hydrogen-bond donors (Lipinski definition) is 2. The molecule has 3 saturated heterocycles. The third-order valence-corrected chi connectivity index (χ3v) is 3.68. The van der Waals surface area contributed by atoms with Crippen molar-refractivity contribution in [2.24, 2.45) is 5.84 Å². The van der Waals surface area contributed by atoms with Crippen LogP contribution in [-0.4, -0.2) is 48.8 Å². The minimum absolute atomic E-state index is 0.183. The first-order valence-corrected chi connectivity index (χ1v) is 6.60. The topological polar surface area (TPSA) is 84.2 Å². The molecule has 0 aromatic rings. The van der Waals surface area contributed by atoms with E-state index in [0.717, 1.165) is 0 Å². The van der Waals surface area contributed by atoms with Gasteiger partial charge in [0, 0.05) is 0 Å². The van der Waals surface area contributed by atoms with Crippen molar-refractivity contribution < 1.29 is 23.7 Å². The standard InChI is InChI=1S/C12H22N2O5/c1-11(2)15-5-6(17-11)8-7(14-13)9-10(16-8)19-12(3,4)18-9/h6-10,14H,5,13H2,1-4H3/t6-,7+,8-,9-,10+/m1/s1. The summed E-state index contributed by atoms with van der Waals surface area (Å²) in [5.41, 5.74) is 2.76. The number of nitrogens with one attached hydrogen (secondary N) is 1. The van der Waals surface area contributed by atoms with Gasteiger partial charge in [-0.25, -0.2) is 0 Å². The van der Waals surface area contributed by atoms with E-state index in [4.69, 9.17) is 29.5 Å². The summed E-state index contributed by atoms with van der Waals surface area (Å²) in [6.07, 6.45) is -1.10. The van der Waals surface area contributed by atoms with Gasteiger partial charge in [0.1, 0.15) is 18.3 Å². The Kier molecular flexibility index (Phi) is 3.14. The number of hydrazine groups is 1. The Morgan fingerprint density at radius 3 is 2.32 bits per heavy atom. The van der Waals surface area contributed by atoms with Crippen LogP contribution >= 0.6 is 0 Å². The maximum Gasteiger partial charge on any atom is 0.189 e. The molecule has 0 radical (unpaired) electrons. The van der Waals surface area contributed by atoms with Crippen molar-refractivity contribution in [1.29, 1.82) is 0 Å². The van der Waals surface area contributed by atoms with Gasteiger partial charge in [0.15, 0.2) is 17.9 Å². The van der Waals surface area contributed by atoms with Crippen LogP contribution in [0.2, 0.25) is 0 Å². The van der Waals surface area contributed by atoms with Gasteiger partial charge in [-0.15, -0.1) is 0 Å². The van der Waals surface area contributed by atoms with Crippen molar-refractivity contribution in [2.75, 3.05) is 6.61 Å². The summed E-state index contributed by atoms with van der Waals surface area (Å²) in [5, 5.41) is 0. The van der Waals surface area contributed by atoms with E-state index in [-0.39, 0.29) is 24.4 Å². The molecule has 0 amide bonds. The average molecular weight is 274 g/mol. The van der Waals surface area contributed by atoms with Crippen LogP contribution in [0.5, 0.6) is 0 Å².